The summed E-state index contributed by atoms with van der Waals surface area (Å²) in [7, 11) is 1.87. The van der Waals surface area contributed by atoms with Crippen LogP contribution in [0.3, 0.4) is 0 Å². The number of rotatable bonds is 3. The molecule has 8 heteroatoms. The van der Waals surface area contributed by atoms with Crippen molar-refractivity contribution >= 4 is 17.7 Å². The van der Waals surface area contributed by atoms with Gasteiger partial charge in [0.25, 0.3) is 5.91 Å². The van der Waals surface area contributed by atoms with Gasteiger partial charge in [-0.15, -0.1) is 0 Å². The number of hydrogen-bond donors (Lipinski definition) is 1. The molecule has 8 nitrogen and oxygen atoms in total. The van der Waals surface area contributed by atoms with E-state index < -0.39 is 5.91 Å². The van der Waals surface area contributed by atoms with Crippen molar-refractivity contribution in [3.63, 3.8) is 0 Å². The van der Waals surface area contributed by atoms with Gasteiger partial charge < -0.3 is 15.5 Å². The van der Waals surface area contributed by atoms with Gasteiger partial charge in [-0.3, -0.25) is 9.48 Å². The van der Waals surface area contributed by atoms with E-state index in [0.29, 0.717) is 12.2 Å². The molecule has 26 heavy (non-hydrogen) atoms. The highest BCUT2D eigenvalue weighted by Crippen LogP contribution is 2.30. The number of nitrogens with two attached hydrogens (primary N) is 1. The van der Waals surface area contributed by atoms with Gasteiger partial charge in [-0.2, -0.15) is 10.1 Å². The largest absolute Gasteiger partial charge is 0.364 e. The van der Waals surface area contributed by atoms with Crippen LogP contribution in [0.4, 0.5) is 11.8 Å². The van der Waals surface area contributed by atoms with Crippen LogP contribution in [0.1, 0.15) is 45.8 Å². The fourth-order valence-electron chi connectivity index (χ4n) is 3.94. The lowest BCUT2D eigenvalue weighted by Gasteiger charge is -2.31. The first-order valence-electron chi connectivity index (χ1n) is 9.15. The molecule has 1 amide bonds. The van der Waals surface area contributed by atoms with E-state index in [1.807, 2.05) is 14.0 Å². The van der Waals surface area contributed by atoms with Crippen LogP contribution >= 0.6 is 0 Å². The second-order valence-corrected chi connectivity index (χ2v) is 7.19. The first-order chi connectivity index (χ1) is 12.5. The van der Waals surface area contributed by atoms with Gasteiger partial charge in [-0.1, -0.05) is 0 Å². The third kappa shape index (κ3) is 2.69. The highest BCUT2D eigenvalue weighted by molar-refractivity contribution is 5.92. The predicted octanol–water partition coefficient (Wildman–Crippen LogP) is 1.09. The van der Waals surface area contributed by atoms with Crippen LogP contribution in [-0.2, 0) is 20.0 Å². The van der Waals surface area contributed by atoms with E-state index in [1.54, 1.807) is 4.68 Å². The highest BCUT2D eigenvalue weighted by Gasteiger charge is 2.28. The van der Waals surface area contributed by atoms with Crippen molar-refractivity contribution in [2.75, 3.05) is 29.4 Å². The van der Waals surface area contributed by atoms with Gasteiger partial charge in [-0.05, 0) is 26.7 Å². The number of carbonyl (C=O) groups is 1. The molecule has 1 saturated heterocycles. The summed E-state index contributed by atoms with van der Waals surface area (Å²) >= 11 is 0. The summed E-state index contributed by atoms with van der Waals surface area (Å²) in [6.07, 6.45) is 3.19. The van der Waals surface area contributed by atoms with Gasteiger partial charge in [-0.25, -0.2) is 4.98 Å². The standard InChI is InChI=1S/C18H25N7O/c1-11-12(2)20-18(24-7-4-5-8-24)21-17(11)25-9-6-14-13(10-25)15(16(19)26)22-23(14)3/h4-10H2,1-3H3,(H2,19,26). The SMILES string of the molecule is Cc1nc(N2CCCC2)nc(N2CCc3c(c(C(N)=O)nn3C)C2)c1C. The fourth-order valence-corrected chi connectivity index (χ4v) is 3.94. The van der Waals surface area contributed by atoms with Gasteiger partial charge in [0.2, 0.25) is 5.95 Å². The first-order valence-corrected chi connectivity index (χ1v) is 9.15. The van der Waals surface area contributed by atoms with E-state index in [0.717, 1.165) is 60.3 Å². The third-order valence-corrected chi connectivity index (χ3v) is 5.52. The number of carbonyl (C=O) groups excluding carboxylic acids is 1. The van der Waals surface area contributed by atoms with Gasteiger partial charge in [0.1, 0.15) is 5.82 Å². The Labute approximate surface area is 153 Å². The Morgan fingerprint density at radius 1 is 1.08 bits per heavy atom. The second-order valence-electron chi connectivity index (χ2n) is 7.19. The maximum Gasteiger partial charge on any atom is 0.269 e. The molecule has 0 aromatic carbocycles. The summed E-state index contributed by atoms with van der Waals surface area (Å²) < 4.78 is 1.78. The number of anilines is 2. The molecule has 2 aliphatic rings. The normalized spacial score (nSPS) is 16.9. The maximum absolute atomic E-state index is 11.8. The van der Waals surface area contributed by atoms with Crippen LogP contribution in [0.15, 0.2) is 0 Å². The number of aromatic nitrogens is 4. The van der Waals surface area contributed by atoms with Crippen molar-refractivity contribution in [1.29, 1.82) is 0 Å². The molecule has 1 fully saturated rings. The number of aryl methyl sites for hydroxylation is 2. The molecule has 2 N–H and O–H groups in total. The van der Waals surface area contributed by atoms with Crippen molar-refractivity contribution in [2.45, 2.75) is 39.7 Å². The minimum Gasteiger partial charge on any atom is -0.364 e. The van der Waals surface area contributed by atoms with Crippen LogP contribution in [-0.4, -0.2) is 45.3 Å². The van der Waals surface area contributed by atoms with Gasteiger partial charge in [0.05, 0.1) is 0 Å². The predicted molar refractivity (Wildman–Crippen MR) is 99.4 cm³/mol. The fraction of sp³-hybridized carbons (Fsp3) is 0.556. The van der Waals surface area contributed by atoms with Crippen molar-refractivity contribution in [3.05, 3.63) is 28.2 Å². The lowest BCUT2D eigenvalue weighted by Crippen LogP contribution is -2.34. The van der Waals surface area contributed by atoms with E-state index in [2.05, 4.69) is 21.8 Å². The van der Waals surface area contributed by atoms with E-state index in [-0.39, 0.29) is 0 Å². The highest BCUT2D eigenvalue weighted by atomic mass is 16.1. The number of primary amides is 1. The Morgan fingerprint density at radius 2 is 1.81 bits per heavy atom. The van der Waals surface area contributed by atoms with Crippen LogP contribution in [0, 0.1) is 13.8 Å². The lowest BCUT2D eigenvalue weighted by atomic mass is 10.0. The first kappa shape index (κ1) is 16.8. The van der Waals surface area contributed by atoms with E-state index >= 15 is 0 Å². The minimum absolute atomic E-state index is 0.371. The molecule has 0 radical (unpaired) electrons. The molecule has 0 unspecified atom stereocenters. The van der Waals surface area contributed by atoms with Crippen molar-refractivity contribution < 1.29 is 4.79 Å². The summed E-state index contributed by atoms with van der Waals surface area (Å²) in [4.78, 5) is 25.8. The zero-order valence-electron chi connectivity index (χ0n) is 15.6. The Kier molecular flexibility index (Phi) is 4.05. The Hall–Kier alpha value is -2.64. The molecule has 138 valence electrons. The third-order valence-electron chi connectivity index (χ3n) is 5.52. The smallest absolute Gasteiger partial charge is 0.269 e. The summed E-state index contributed by atoms with van der Waals surface area (Å²) in [6, 6.07) is 0. The van der Waals surface area contributed by atoms with Gasteiger partial charge in [0.15, 0.2) is 5.69 Å². The Balaban J connectivity index is 1.71. The lowest BCUT2D eigenvalue weighted by molar-refractivity contribution is 0.0994. The molecule has 0 saturated carbocycles. The van der Waals surface area contributed by atoms with E-state index in [9.17, 15) is 4.79 Å². The average molecular weight is 355 g/mol. The number of nitrogens with zero attached hydrogens (tertiary/aromatic N) is 6. The summed E-state index contributed by atoms with van der Waals surface area (Å²) in [5, 5.41) is 4.31. The van der Waals surface area contributed by atoms with Crippen LogP contribution in [0.2, 0.25) is 0 Å². The second kappa shape index (κ2) is 6.26. The van der Waals surface area contributed by atoms with Crippen molar-refractivity contribution in [3.8, 4) is 0 Å². The zero-order valence-corrected chi connectivity index (χ0v) is 15.6. The molecule has 2 aliphatic heterocycles. The van der Waals surface area contributed by atoms with E-state index in [4.69, 9.17) is 15.7 Å². The van der Waals surface area contributed by atoms with Gasteiger partial charge in [0, 0.05) is 62.2 Å². The monoisotopic (exact) mass is 355 g/mol. The van der Waals surface area contributed by atoms with Crippen LogP contribution in [0.25, 0.3) is 0 Å². The molecule has 4 rings (SSSR count). The summed E-state index contributed by atoms with van der Waals surface area (Å²) in [5.41, 5.74) is 9.99. The number of fused-ring (bicyclic) bond motifs is 1. The average Bonchev–Trinajstić information content (AvgIpc) is 3.25. The molecule has 2 aromatic heterocycles. The number of amides is 1. The van der Waals surface area contributed by atoms with Crippen LogP contribution < -0.4 is 15.5 Å². The molecule has 2 aromatic rings. The molecule has 0 aliphatic carbocycles. The molecular formula is C18H25N7O. The van der Waals surface area contributed by atoms with E-state index in [1.165, 1.54) is 12.8 Å². The molecule has 4 heterocycles. The minimum atomic E-state index is -0.475. The number of hydrogen-bond acceptors (Lipinski definition) is 6. The molecule has 0 bridgehead atoms. The summed E-state index contributed by atoms with van der Waals surface area (Å²) in [5.74, 6) is 1.29. The maximum atomic E-state index is 11.8. The van der Waals surface area contributed by atoms with Gasteiger partial charge >= 0.3 is 0 Å². The zero-order chi connectivity index (χ0) is 18.4. The topological polar surface area (TPSA) is 93.2 Å². The quantitative estimate of drug-likeness (QED) is 0.886. The molecule has 0 spiro atoms. The Morgan fingerprint density at radius 3 is 2.50 bits per heavy atom. The summed E-state index contributed by atoms with van der Waals surface area (Å²) in [6.45, 7) is 7.56. The van der Waals surface area contributed by atoms with Crippen molar-refractivity contribution in [1.82, 2.24) is 19.7 Å². The van der Waals surface area contributed by atoms with Crippen LogP contribution in [0.5, 0.6) is 0 Å². The molecular weight excluding hydrogens is 330 g/mol. The van der Waals surface area contributed by atoms with Crippen molar-refractivity contribution in [2.24, 2.45) is 12.8 Å². The Bertz CT molecular complexity index is 867. The molecule has 0 atom stereocenters.